The highest BCUT2D eigenvalue weighted by molar-refractivity contribution is 4.95. The van der Waals surface area contributed by atoms with E-state index in [0.29, 0.717) is 0 Å². The average molecular weight is 265 g/mol. The van der Waals surface area contributed by atoms with Crippen LogP contribution in [0.2, 0.25) is 0 Å². The standard InChI is InChI=1S/C16H31N3/c1-12-3-4-13(10-17)16(9-12)19-8-7-14-5-6-15(11-19)18(14)2/h12-16H,3-11,17H2,1-2H3. The van der Waals surface area contributed by atoms with Crippen LogP contribution >= 0.6 is 0 Å². The average Bonchev–Trinajstić information content (AvgIpc) is 2.63. The van der Waals surface area contributed by atoms with Gasteiger partial charge in [0.15, 0.2) is 0 Å². The largest absolute Gasteiger partial charge is 0.330 e. The monoisotopic (exact) mass is 265 g/mol. The normalized spacial score (nSPS) is 45.3. The summed E-state index contributed by atoms with van der Waals surface area (Å²) in [7, 11) is 2.34. The maximum atomic E-state index is 6.05. The Kier molecular flexibility index (Phi) is 4.16. The molecule has 3 rings (SSSR count). The fourth-order valence-corrected chi connectivity index (χ4v) is 4.77. The van der Waals surface area contributed by atoms with Gasteiger partial charge < -0.3 is 5.73 Å². The van der Waals surface area contributed by atoms with Crippen molar-refractivity contribution >= 4 is 0 Å². The molecule has 3 heteroatoms. The van der Waals surface area contributed by atoms with Crippen LogP contribution in [0.1, 0.15) is 45.4 Å². The third-order valence-electron chi connectivity index (χ3n) is 6.17. The molecule has 0 spiro atoms. The summed E-state index contributed by atoms with van der Waals surface area (Å²) in [6.07, 6.45) is 8.32. The van der Waals surface area contributed by atoms with Crippen LogP contribution in [0.25, 0.3) is 0 Å². The van der Waals surface area contributed by atoms with Crippen molar-refractivity contribution in [3.63, 3.8) is 0 Å². The van der Waals surface area contributed by atoms with Gasteiger partial charge in [-0.15, -0.1) is 0 Å². The molecule has 19 heavy (non-hydrogen) atoms. The molecule has 5 unspecified atom stereocenters. The van der Waals surface area contributed by atoms with Crippen LogP contribution in [0.15, 0.2) is 0 Å². The van der Waals surface area contributed by atoms with E-state index < -0.39 is 0 Å². The summed E-state index contributed by atoms with van der Waals surface area (Å²) in [5.41, 5.74) is 6.05. The number of hydrogen-bond acceptors (Lipinski definition) is 3. The molecule has 2 saturated heterocycles. The molecule has 1 saturated carbocycles. The summed E-state index contributed by atoms with van der Waals surface area (Å²) in [4.78, 5) is 5.47. The first-order valence-corrected chi connectivity index (χ1v) is 8.35. The highest BCUT2D eigenvalue weighted by Crippen LogP contribution is 2.35. The minimum absolute atomic E-state index is 0.748. The topological polar surface area (TPSA) is 32.5 Å². The predicted octanol–water partition coefficient (Wildman–Crippen LogP) is 1.92. The maximum Gasteiger partial charge on any atom is 0.0223 e. The van der Waals surface area contributed by atoms with Gasteiger partial charge in [0.25, 0.3) is 0 Å². The van der Waals surface area contributed by atoms with E-state index >= 15 is 0 Å². The molecule has 0 aromatic heterocycles. The van der Waals surface area contributed by atoms with Crippen LogP contribution in [-0.4, -0.2) is 54.6 Å². The molecule has 3 nitrogen and oxygen atoms in total. The summed E-state index contributed by atoms with van der Waals surface area (Å²) in [6, 6.07) is 2.43. The zero-order valence-electron chi connectivity index (χ0n) is 12.7. The van der Waals surface area contributed by atoms with E-state index in [2.05, 4.69) is 23.8 Å². The van der Waals surface area contributed by atoms with Gasteiger partial charge in [0, 0.05) is 24.7 Å². The van der Waals surface area contributed by atoms with Crippen molar-refractivity contribution in [3.05, 3.63) is 0 Å². The molecule has 2 heterocycles. The minimum atomic E-state index is 0.748. The van der Waals surface area contributed by atoms with Gasteiger partial charge in [0.05, 0.1) is 0 Å². The molecule has 2 N–H and O–H groups in total. The number of hydrogen-bond donors (Lipinski definition) is 1. The van der Waals surface area contributed by atoms with E-state index in [1.54, 1.807) is 0 Å². The summed E-state index contributed by atoms with van der Waals surface area (Å²) in [5.74, 6) is 1.64. The summed E-state index contributed by atoms with van der Waals surface area (Å²) >= 11 is 0. The Morgan fingerprint density at radius 1 is 1.05 bits per heavy atom. The SMILES string of the molecule is CC1CCC(CN)C(N2CCC3CCC(C2)N3C)C1. The molecule has 2 aliphatic heterocycles. The second kappa shape index (κ2) is 5.71. The van der Waals surface area contributed by atoms with Crippen molar-refractivity contribution in [1.82, 2.24) is 9.80 Å². The maximum absolute atomic E-state index is 6.05. The fourth-order valence-electron chi connectivity index (χ4n) is 4.77. The Balaban J connectivity index is 1.70. The van der Waals surface area contributed by atoms with Gasteiger partial charge in [0.2, 0.25) is 0 Å². The van der Waals surface area contributed by atoms with E-state index in [1.165, 1.54) is 51.6 Å². The molecular formula is C16H31N3. The Morgan fingerprint density at radius 2 is 1.84 bits per heavy atom. The quantitative estimate of drug-likeness (QED) is 0.828. The Morgan fingerprint density at radius 3 is 2.63 bits per heavy atom. The van der Waals surface area contributed by atoms with Crippen molar-refractivity contribution in [1.29, 1.82) is 0 Å². The summed E-state index contributed by atoms with van der Waals surface area (Å²) in [6.45, 7) is 5.91. The fraction of sp³-hybridized carbons (Fsp3) is 1.00. The zero-order chi connectivity index (χ0) is 13.4. The van der Waals surface area contributed by atoms with E-state index in [9.17, 15) is 0 Å². The first-order valence-electron chi connectivity index (χ1n) is 8.35. The van der Waals surface area contributed by atoms with Gasteiger partial charge in [-0.3, -0.25) is 9.80 Å². The van der Waals surface area contributed by atoms with Crippen LogP contribution in [0.3, 0.4) is 0 Å². The zero-order valence-corrected chi connectivity index (χ0v) is 12.7. The van der Waals surface area contributed by atoms with Crippen molar-refractivity contribution in [3.8, 4) is 0 Å². The third-order valence-corrected chi connectivity index (χ3v) is 6.17. The van der Waals surface area contributed by atoms with Gasteiger partial charge in [0.1, 0.15) is 0 Å². The lowest BCUT2D eigenvalue weighted by Crippen LogP contribution is -2.49. The number of likely N-dealkylation sites (tertiary alicyclic amines) is 1. The van der Waals surface area contributed by atoms with Gasteiger partial charge in [-0.25, -0.2) is 0 Å². The van der Waals surface area contributed by atoms with Crippen molar-refractivity contribution in [2.45, 2.75) is 63.6 Å². The molecule has 2 bridgehead atoms. The highest BCUT2D eigenvalue weighted by Gasteiger charge is 2.39. The van der Waals surface area contributed by atoms with Gasteiger partial charge >= 0.3 is 0 Å². The number of likely N-dealkylation sites (N-methyl/N-ethyl adjacent to an activating group) is 1. The molecule has 3 fully saturated rings. The van der Waals surface area contributed by atoms with Crippen LogP contribution in [-0.2, 0) is 0 Å². The molecular weight excluding hydrogens is 234 g/mol. The first kappa shape index (κ1) is 13.8. The van der Waals surface area contributed by atoms with Crippen molar-refractivity contribution < 1.29 is 0 Å². The lowest BCUT2D eigenvalue weighted by Gasteiger charge is -2.42. The van der Waals surface area contributed by atoms with Gasteiger partial charge in [-0.05, 0) is 64.1 Å². The Hall–Kier alpha value is -0.120. The van der Waals surface area contributed by atoms with E-state index in [0.717, 1.165) is 36.5 Å². The van der Waals surface area contributed by atoms with Crippen LogP contribution in [0.4, 0.5) is 0 Å². The third kappa shape index (κ3) is 2.70. The molecule has 3 aliphatic rings. The van der Waals surface area contributed by atoms with Crippen molar-refractivity contribution in [2.75, 3.05) is 26.7 Å². The molecule has 0 radical (unpaired) electrons. The first-order chi connectivity index (χ1) is 9.19. The predicted molar refractivity (Wildman–Crippen MR) is 80.1 cm³/mol. The number of nitrogens with zero attached hydrogens (tertiary/aromatic N) is 2. The molecule has 0 amide bonds. The van der Waals surface area contributed by atoms with E-state index in [-0.39, 0.29) is 0 Å². The second-order valence-corrected chi connectivity index (χ2v) is 7.32. The minimum Gasteiger partial charge on any atom is -0.330 e. The Bertz CT molecular complexity index is 306. The van der Waals surface area contributed by atoms with Crippen LogP contribution in [0.5, 0.6) is 0 Å². The van der Waals surface area contributed by atoms with Crippen LogP contribution in [0, 0.1) is 11.8 Å². The van der Waals surface area contributed by atoms with Gasteiger partial charge in [-0.1, -0.05) is 13.3 Å². The molecule has 1 aliphatic carbocycles. The van der Waals surface area contributed by atoms with E-state index in [1.807, 2.05) is 0 Å². The van der Waals surface area contributed by atoms with E-state index in [4.69, 9.17) is 5.73 Å². The number of rotatable bonds is 2. The summed E-state index contributed by atoms with van der Waals surface area (Å²) < 4.78 is 0. The molecule has 0 aromatic rings. The molecule has 0 aromatic carbocycles. The van der Waals surface area contributed by atoms with Gasteiger partial charge in [-0.2, -0.15) is 0 Å². The lowest BCUT2D eigenvalue weighted by atomic mass is 9.78. The number of fused-ring (bicyclic) bond motifs is 2. The smallest absolute Gasteiger partial charge is 0.0223 e. The highest BCUT2D eigenvalue weighted by atomic mass is 15.3. The molecule has 110 valence electrons. The van der Waals surface area contributed by atoms with Crippen molar-refractivity contribution in [2.24, 2.45) is 17.6 Å². The second-order valence-electron chi connectivity index (χ2n) is 7.32. The lowest BCUT2D eigenvalue weighted by molar-refractivity contribution is 0.0776. The summed E-state index contributed by atoms with van der Waals surface area (Å²) in [5, 5.41) is 0. The Labute approximate surface area is 118 Å². The molecule has 5 atom stereocenters. The van der Waals surface area contributed by atoms with Crippen LogP contribution < -0.4 is 5.73 Å². The number of nitrogens with two attached hydrogens (primary N) is 1.